The average molecular weight is 300 g/mol. The van der Waals surface area contributed by atoms with E-state index in [0.717, 1.165) is 0 Å². The van der Waals surface area contributed by atoms with Crippen LogP contribution in [0.4, 0.5) is 13.2 Å². The Labute approximate surface area is 117 Å². The van der Waals surface area contributed by atoms with Crippen molar-refractivity contribution in [3.8, 4) is 0 Å². The van der Waals surface area contributed by atoms with Gasteiger partial charge in [-0.05, 0) is 19.1 Å². The molecule has 0 aliphatic carbocycles. The topological polar surface area (TPSA) is 69.9 Å². The Morgan fingerprint density at radius 3 is 2.71 bits per heavy atom. The number of halogens is 3. The first-order valence-electron chi connectivity index (χ1n) is 6.01. The van der Waals surface area contributed by atoms with Gasteiger partial charge in [-0.1, -0.05) is 11.3 Å². The minimum atomic E-state index is -4.78. The second-order valence-electron chi connectivity index (χ2n) is 3.98. The summed E-state index contributed by atoms with van der Waals surface area (Å²) in [6.45, 7) is 1.19. The Hall–Kier alpha value is -2.45. The van der Waals surface area contributed by atoms with Crippen LogP contribution in [0, 0.1) is 0 Å². The van der Waals surface area contributed by atoms with E-state index in [4.69, 9.17) is 0 Å². The second kappa shape index (κ2) is 5.90. The summed E-state index contributed by atoms with van der Waals surface area (Å²) in [6, 6.07) is 4.82. The molecule has 0 bridgehead atoms. The number of carbonyl (C=O) groups is 1. The van der Waals surface area contributed by atoms with E-state index in [0.29, 0.717) is 10.4 Å². The van der Waals surface area contributed by atoms with Gasteiger partial charge in [0.2, 0.25) is 5.69 Å². The smallest absolute Gasteiger partial charge is 0.435 e. The van der Waals surface area contributed by atoms with Gasteiger partial charge in [-0.25, -0.2) is 9.48 Å². The standard InChI is InChI=1S/C12H11F3N4O2/c1-2-21-11(20)9-10(12(13,14)15)19(18-17-9)7-8-5-3-4-6-16-8/h3-6H,2,7H2,1H3. The van der Waals surface area contributed by atoms with Gasteiger partial charge in [-0.3, -0.25) is 4.98 Å². The van der Waals surface area contributed by atoms with Gasteiger partial charge >= 0.3 is 12.1 Å². The van der Waals surface area contributed by atoms with Crippen LogP contribution < -0.4 is 0 Å². The molecule has 0 radical (unpaired) electrons. The molecule has 112 valence electrons. The second-order valence-corrected chi connectivity index (χ2v) is 3.98. The fourth-order valence-electron chi connectivity index (χ4n) is 1.69. The highest BCUT2D eigenvalue weighted by Crippen LogP contribution is 2.31. The first kappa shape index (κ1) is 14.9. The Kier molecular flexibility index (Phi) is 4.20. The summed E-state index contributed by atoms with van der Waals surface area (Å²) in [5.74, 6) is -1.16. The van der Waals surface area contributed by atoms with Crippen molar-refractivity contribution >= 4 is 5.97 Å². The van der Waals surface area contributed by atoms with E-state index >= 15 is 0 Å². The highest BCUT2D eigenvalue weighted by molar-refractivity contribution is 5.88. The molecular formula is C12H11F3N4O2. The molecular weight excluding hydrogens is 289 g/mol. The Bertz CT molecular complexity index is 625. The lowest BCUT2D eigenvalue weighted by Crippen LogP contribution is -2.20. The molecule has 2 aromatic heterocycles. The van der Waals surface area contributed by atoms with Gasteiger partial charge in [-0.15, -0.1) is 5.10 Å². The molecule has 21 heavy (non-hydrogen) atoms. The van der Waals surface area contributed by atoms with E-state index in [1.54, 1.807) is 18.2 Å². The molecule has 0 amide bonds. The van der Waals surface area contributed by atoms with Crippen molar-refractivity contribution in [1.82, 2.24) is 20.0 Å². The van der Waals surface area contributed by atoms with Gasteiger partial charge in [0, 0.05) is 6.20 Å². The van der Waals surface area contributed by atoms with Crippen molar-refractivity contribution in [3.05, 3.63) is 41.5 Å². The largest absolute Gasteiger partial charge is 0.461 e. The number of hydrogen-bond acceptors (Lipinski definition) is 5. The van der Waals surface area contributed by atoms with Gasteiger partial charge in [0.05, 0.1) is 18.8 Å². The average Bonchev–Trinajstić information content (AvgIpc) is 2.84. The van der Waals surface area contributed by atoms with Gasteiger partial charge in [0.15, 0.2) is 5.69 Å². The van der Waals surface area contributed by atoms with Crippen LogP contribution in [0.1, 0.15) is 28.8 Å². The van der Waals surface area contributed by atoms with Crippen molar-refractivity contribution < 1.29 is 22.7 Å². The van der Waals surface area contributed by atoms with Crippen LogP contribution in [-0.4, -0.2) is 32.6 Å². The van der Waals surface area contributed by atoms with Gasteiger partial charge in [0.25, 0.3) is 0 Å². The molecule has 0 saturated carbocycles. The predicted molar refractivity (Wildman–Crippen MR) is 64.3 cm³/mol. The third kappa shape index (κ3) is 3.36. The molecule has 0 N–H and O–H groups in total. The lowest BCUT2D eigenvalue weighted by atomic mass is 10.3. The SMILES string of the molecule is CCOC(=O)c1nnn(Cc2ccccn2)c1C(F)(F)F. The zero-order valence-electron chi connectivity index (χ0n) is 11.0. The number of ether oxygens (including phenoxy) is 1. The molecule has 0 saturated heterocycles. The molecule has 0 atom stereocenters. The summed E-state index contributed by atoms with van der Waals surface area (Å²) in [7, 11) is 0. The van der Waals surface area contributed by atoms with E-state index < -0.39 is 23.5 Å². The third-order valence-electron chi connectivity index (χ3n) is 2.51. The van der Waals surface area contributed by atoms with Crippen molar-refractivity contribution in [2.24, 2.45) is 0 Å². The van der Waals surface area contributed by atoms with Crippen LogP contribution in [0.3, 0.4) is 0 Å². The van der Waals surface area contributed by atoms with Gasteiger partial charge in [0.1, 0.15) is 0 Å². The van der Waals surface area contributed by atoms with E-state index in [1.165, 1.54) is 13.1 Å². The number of pyridine rings is 1. The summed E-state index contributed by atoms with van der Waals surface area (Å²) in [4.78, 5) is 15.4. The minimum absolute atomic E-state index is 0.0523. The van der Waals surface area contributed by atoms with E-state index in [9.17, 15) is 18.0 Å². The zero-order valence-corrected chi connectivity index (χ0v) is 11.0. The summed E-state index contributed by atoms with van der Waals surface area (Å²) in [6.07, 6.45) is -3.33. The number of alkyl halides is 3. The Morgan fingerprint density at radius 2 is 2.14 bits per heavy atom. The predicted octanol–water partition coefficient (Wildman–Crippen LogP) is 1.92. The molecule has 0 fully saturated rings. The van der Waals surface area contributed by atoms with Crippen molar-refractivity contribution in [3.63, 3.8) is 0 Å². The Morgan fingerprint density at radius 1 is 1.38 bits per heavy atom. The molecule has 0 unspecified atom stereocenters. The third-order valence-corrected chi connectivity index (χ3v) is 2.51. The van der Waals surface area contributed by atoms with Crippen LogP contribution in [0.25, 0.3) is 0 Å². The maximum absolute atomic E-state index is 13.1. The summed E-state index contributed by atoms with van der Waals surface area (Å²) in [5.41, 5.74) is -1.73. The molecule has 0 spiro atoms. The first-order chi connectivity index (χ1) is 9.93. The van der Waals surface area contributed by atoms with E-state index in [2.05, 4.69) is 20.0 Å². The van der Waals surface area contributed by atoms with Crippen LogP contribution in [-0.2, 0) is 17.5 Å². The fourth-order valence-corrected chi connectivity index (χ4v) is 1.69. The van der Waals surface area contributed by atoms with E-state index in [1.807, 2.05) is 0 Å². The molecule has 2 aromatic rings. The van der Waals surface area contributed by atoms with Crippen molar-refractivity contribution in [2.75, 3.05) is 6.61 Å². The summed E-state index contributed by atoms with van der Waals surface area (Å²) < 4.78 is 44.5. The van der Waals surface area contributed by atoms with Crippen molar-refractivity contribution in [2.45, 2.75) is 19.6 Å². The van der Waals surface area contributed by atoms with Crippen molar-refractivity contribution in [1.29, 1.82) is 0 Å². The zero-order chi connectivity index (χ0) is 15.5. The summed E-state index contributed by atoms with van der Waals surface area (Å²) >= 11 is 0. The van der Waals surface area contributed by atoms with Crippen LogP contribution >= 0.6 is 0 Å². The van der Waals surface area contributed by atoms with Crippen LogP contribution in [0.5, 0.6) is 0 Å². The molecule has 0 aliphatic rings. The number of esters is 1. The Balaban J connectivity index is 2.40. The highest BCUT2D eigenvalue weighted by Gasteiger charge is 2.42. The lowest BCUT2D eigenvalue weighted by Gasteiger charge is -2.10. The fraction of sp³-hybridized carbons (Fsp3) is 0.333. The van der Waals surface area contributed by atoms with Crippen LogP contribution in [0.15, 0.2) is 24.4 Å². The van der Waals surface area contributed by atoms with Gasteiger partial charge < -0.3 is 4.74 Å². The van der Waals surface area contributed by atoms with Gasteiger partial charge in [-0.2, -0.15) is 13.2 Å². The number of rotatable bonds is 4. The maximum atomic E-state index is 13.1. The summed E-state index contributed by atoms with van der Waals surface area (Å²) in [5, 5.41) is 6.67. The first-order valence-corrected chi connectivity index (χ1v) is 6.01. The lowest BCUT2D eigenvalue weighted by molar-refractivity contribution is -0.144. The number of nitrogens with zero attached hydrogens (tertiary/aromatic N) is 4. The normalized spacial score (nSPS) is 11.4. The molecule has 2 rings (SSSR count). The number of hydrogen-bond donors (Lipinski definition) is 0. The number of aromatic nitrogens is 4. The molecule has 0 aromatic carbocycles. The number of carbonyl (C=O) groups excluding carboxylic acids is 1. The quantitative estimate of drug-likeness (QED) is 0.807. The molecule has 0 aliphatic heterocycles. The molecule has 9 heteroatoms. The highest BCUT2D eigenvalue weighted by atomic mass is 19.4. The maximum Gasteiger partial charge on any atom is 0.435 e. The van der Waals surface area contributed by atoms with Crippen LogP contribution in [0.2, 0.25) is 0 Å². The molecule has 2 heterocycles. The van der Waals surface area contributed by atoms with E-state index in [-0.39, 0.29) is 13.2 Å². The monoisotopic (exact) mass is 300 g/mol. The molecule has 6 nitrogen and oxygen atoms in total. The minimum Gasteiger partial charge on any atom is -0.461 e.